The van der Waals surface area contributed by atoms with Gasteiger partial charge in [0.1, 0.15) is 5.75 Å². The van der Waals surface area contributed by atoms with Crippen LogP contribution in [0.2, 0.25) is 0 Å². The van der Waals surface area contributed by atoms with Gasteiger partial charge in [0, 0.05) is 5.92 Å². The predicted octanol–water partition coefficient (Wildman–Crippen LogP) is 2.00. The third-order valence-electron chi connectivity index (χ3n) is 1.73. The molecule has 0 atom stereocenters. The first-order valence-electron chi connectivity index (χ1n) is 4.99. The molecule has 1 aromatic rings. The molecule has 0 heterocycles. The average Bonchev–Trinajstić information content (AvgIpc) is 2.26. The molecule has 0 aliphatic carbocycles. The van der Waals surface area contributed by atoms with E-state index in [1.807, 2.05) is 32.0 Å². The lowest BCUT2D eigenvalue weighted by Gasteiger charge is -2.10. The first kappa shape index (κ1) is 12.1. The van der Waals surface area contributed by atoms with Gasteiger partial charge in [-0.1, -0.05) is 18.1 Å². The molecule has 0 bridgehead atoms. The van der Waals surface area contributed by atoms with Crippen molar-refractivity contribution in [1.29, 1.82) is 0 Å². The number of methoxy groups -OCH3 is 1. The fourth-order valence-corrected chi connectivity index (χ4v) is 1.10. The van der Waals surface area contributed by atoms with Crippen LogP contribution in [0.1, 0.15) is 19.4 Å². The third-order valence-corrected chi connectivity index (χ3v) is 1.73. The molecule has 0 saturated heterocycles. The summed E-state index contributed by atoms with van der Waals surface area (Å²) in [5.41, 5.74) is 0.682. The Bertz CT molecular complexity index is 424. The van der Waals surface area contributed by atoms with Crippen LogP contribution in [0.3, 0.4) is 0 Å². The summed E-state index contributed by atoms with van der Waals surface area (Å²) in [7, 11) is 1.30. The summed E-state index contributed by atoms with van der Waals surface area (Å²) < 4.78 is 10.00. The molecule has 0 N–H and O–H groups in total. The van der Waals surface area contributed by atoms with Gasteiger partial charge in [0.15, 0.2) is 0 Å². The van der Waals surface area contributed by atoms with Crippen molar-refractivity contribution in [3.05, 3.63) is 29.8 Å². The normalized spacial score (nSPS) is 9.25. The number of hydrogen-bond donors (Lipinski definition) is 0. The number of benzene rings is 1. The Morgan fingerprint density at radius 2 is 2.00 bits per heavy atom. The Balaban J connectivity index is 2.93. The molecule has 0 radical (unpaired) electrons. The molecule has 84 valence electrons. The van der Waals surface area contributed by atoms with Crippen LogP contribution >= 0.6 is 0 Å². The van der Waals surface area contributed by atoms with Crippen LogP contribution in [-0.2, 0) is 9.53 Å². The van der Waals surface area contributed by atoms with E-state index in [-0.39, 0.29) is 6.10 Å². The maximum atomic E-state index is 10.9. The molecule has 3 heteroatoms. The van der Waals surface area contributed by atoms with E-state index in [0.717, 1.165) is 0 Å². The molecule has 1 aromatic carbocycles. The van der Waals surface area contributed by atoms with Crippen molar-refractivity contribution in [2.24, 2.45) is 0 Å². The highest BCUT2D eigenvalue weighted by molar-refractivity contribution is 5.89. The van der Waals surface area contributed by atoms with Gasteiger partial charge in [0.2, 0.25) is 0 Å². The number of carbonyl (C=O) groups excluding carboxylic acids is 1. The van der Waals surface area contributed by atoms with Gasteiger partial charge in [-0.3, -0.25) is 0 Å². The van der Waals surface area contributed by atoms with Crippen LogP contribution in [0.15, 0.2) is 24.3 Å². The Labute approximate surface area is 95.4 Å². The highest BCUT2D eigenvalue weighted by Crippen LogP contribution is 2.17. The van der Waals surface area contributed by atoms with Crippen molar-refractivity contribution in [1.82, 2.24) is 0 Å². The van der Waals surface area contributed by atoms with Crippen molar-refractivity contribution < 1.29 is 14.3 Å². The smallest absolute Gasteiger partial charge is 0.384 e. The van der Waals surface area contributed by atoms with Gasteiger partial charge in [-0.05, 0) is 26.0 Å². The topological polar surface area (TPSA) is 35.5 Å². The van der Waals surface area contributed by atoms with E-state index in [0.29, 0.717) is 11.3 Å². The van der Waals surface area contributed by atoms with Crippen molar-refractivity contribution in [2.45, 2.75) is 20.0 Å². The summed E-state index contributed by atoms with van der Waals surface area (Å²) in [5.74, 6) is 5.21. The van der Waals surface area contributed by atoms with Crippen LogP contribution < -0.4 is 4.74 Å². The minimum absolute atomic E-state index is 0.0704. The average molecular weight is 218 g/mol. The molecule has 0 aliphatic rings. The molecule has 0 aromatic heterocycles. The molecule has 0 amide bonds. The lowest BCUT2D eigenvalue weighted by molar-refractivity contribution is -0.133. The van der Waals surface area contributed by atoms with Crippen LogP contribution in [0.5, 0.6) is 5.75 Å². The zero-order valence-corrected chi connectivity index (χ0v) is 9.61. The maximum Gasteiger partial charge on any atom is 0.384 e. The lowest BCUT2D eigenvalue weighted by Crippen LogP contribution is -2.06. The van der Waals surface area contributed by atoms with E-state index >= 15 is 0 Å². The predicted molar refractivity (Wildman–Crippen MR) is 61.1 cm³/mol. The number of rotatable bonds is 2. The summed E-state index contributed by atoms with van der Waals surface area (Å²) in [6.45, 7) is 3.87. The second kappa shape index (κ2) is 5.82. The van der Waals surface area contributed by atoms with Crippen molar-refractivity contribution in [3.63, 3.8) is 0 Å². The Morgan fingerprint density at radius 1 is 1.31 bits per heavy atom. The van der Waals surface area contributed by atoms with Crippen molar-refractivity contribution >= 4 is 5.97 Å². The molecule has 1 rings (SSSR count). The first-order chi connectivity index (χ1) is 7.63. The number of hydrogen-bond acceptors (Lipinski definition) is 3. The highest BCUT2D eigenvalue weighted by atomic mass is 16.5. The highest BCUT2D eigenvalue weighted by Gasteiger charge is 2.02. The SMILES string of the molecule is COC(=O)C#Cc1ccccc1OC(C)C. The number of esters is 1. The quantitative estimate of drug-likeness (QED) is 0.562. The van der Waals surface area contributed by atoms with Crippen LogP contribution in [0, 0.1) is 11.8 Å². The van der Waals surface area contributed by atoms with E-state index in [1.54, 1.807) is 6.07 Å². The second-order valence-corrected chi connectivity index (χ2v) is 3.40. The van der Waals surface area contributed by atoms with E-state index in [9.17, 15) is 4.79 Å². The summed E-state index contributed by atoms with van der Waals surface area (Å²) in [4.78, 5) is 10.9. The zero-order chi connectivity index (χ0) is 12.0. The minimum atomic E-state index is -0.556. The zero-order valence-electron chi connectivity index (χ0n) is 9.61. The van der Waals surface area contributed by atoms with Crippen LogP contribution in [0.25, 0.3) is 0 Å². The number of para-hydroxylation sites is 1. The van der Waals surface area contributed by atoms with Gasteiger partial charge >= 0.3 is 5.97 Å². The summed E-state index contributed by atoms with van der Waals surface area (Å²) in [6, 6.07) is 7.32. The third kappa shape index (κ3) is 3.66. The summed E-state index contributed by atoms with van der Waals surface area (Å²) >= 11 is 0. The van der Waals surface area contributed by atoms with E-state index in [2.05, 4.69) is 16.6 Å². The summed E-state index contributed by atoms with van der Waals surface area (Å²) in [5, 5.41) is 0. The fraction of sp³-hybridized carbons (Fsp3) is 0.308. The monoisotopic (exact) mass is 218 g/mol. The Hall–Kier alpha value is -1.95. The van der Waals surface area contributed by atoms with Gasteiger partial charge in [-0.2, -0.15) is 0 Å². The lowest BCUT2D eigenvalue weighted by atomic mass is 10.2. The largest absolute Gasteiger partial charge is 0.490 e. The standard InChI is InChI=1S/C13H14O3/c1-10(2)16-12-7-5-4-6-11(12)8-9-13(14)15-3/h4-7,10H,1-3H3. The molecule has 3 nitrogen and oxygen atoms in total. The van der Waals surface area contributed by atoms with Crippen LogP contribution in [-0.4, -0.2) is 19.2 Å². The van der Waals surface area contributed by atoms with Gasteiger partial charge in [0.25, 0.3) is 0 Å². The molecule has 0 aliphatic heterocycles. The van der Waals surface area contributed by atoms with E-state index < -0.39 is 5.97 Å². The van der Waals surface area contributed by atoms with Gasteiger partial charge < -0.3 is 9.47 Å². The molecule has 0 fully saturated rings. The van der Waals surface area contributed by atoms with Crippen molar-refractivity contribution in [2.75, 3.05) is 7.11 Å². The molecular formula is C13H14O3. The molecule has 0 saturated carbocycles. The van der Waals surface area contributed by atoms with Gasteiger partial charge in [0.05, 0.1) is 18.8 Å². The second-order valence-electron chi connectivity index (χ2n) is 3.40. The van der Waals surface area contributed by atoms with Gasteiger partial charge in [-0.15, -0.1) is 0 Å². The number of ether oxygens (including phenoxy) is 2. The first-order valence-corrected chi connectivity index (χ1v) is 4.99. The molecule has 0 spiro atoms. The molecule has 0 unspecified atom stereocenters. The van der Waals surface area contributed by atoms with Crippen LogP contribution in [0.4, 0.5) is 0 Å². The van der Waals surface area contributed by atoms with E-state index in [4.69, 9.17) is 4.74 Å². The minimum Gasteiger partial charge on any atom is -0.490 e. The molecule has 16 heavy (non-hydrogen) atoms. The molecular weight excluding hydrogens is 204 g/mol. The van der Waals surface area contributed by atoms with Crippen molar-refractivity contribution in [3.8, 4) is 17.6 Å². The Morgan fingerprint density at radius 3 is 2.62 bits per heavy atom. The number of carbonyl (C=O) groups is 1. The van der Waals surface area contributed by atoms with Gasteiger partial charge in [-0.25, -0.2) is 4.79 Å². The fourth-order valence-electron chi connectivity index (χ4n) is 1.10. The van der Waals surface area contributed by atoms with E-state index in [1.165, 1.54) is 7.11 Å². The maximum absolute atomic E-state index is 10.9. The summed E-state index contributed by atoms with van der Waals surface area (Å²) in [6.07, 6.45) is 0.0704. The Kier molecular flexibility index (Phi) is 4.41.